The summed E-state index contributed by atoms with van der Waals surface area (Å²) >= 11 is 0. The second kappa shape index (κ2) is 9.32. The van der Waals surface area contributed by atoms with Gasteiger partial charge in [0.2, 0.25) is 0 Å². The molecule has 0 bridgehead atoms. The average molecular weight is 440 g/mol. The Kier molecular flexibility index (Phi) is 6.50. The summed E-state index contributed by atoms with van der Waals surface area (Å²) in [5.41, 5.74) is 1.37. The van der Waals surface area contributed by atoms with Crippen LogP contribution in [-0.4, -0.2) is 52.1 Å². The molecule has 1 fully saturated rings. The van der Waals surface area contributed by atoms with E-state index in [1.807, 2.05) is 35.0 Å². The van der Waals surface area contributed by atoms with E-state index in [2.05, 4.69) is 36.4 Å². The molecule has 1 atom stereocenters. The van der Waals surface area contributed by atoms with Gasteiger partial charge in [0.1, 0.15) is 11.4 Å². The van der Waals surface area contributed by atoms with Gasteiger partial charge in [-0.1, -0.05) is 32.9 Å². The fraction of sp³-hybridized carbons (Fsp3) is 0.542. The number of urea groups is 1. The lowest BCUT2D eigenvalue weighted by Gasteiger charge is -2.45. The summed E-state index contributed by atoms with van der Waals surface area (Å²) in [5.74, 6) is 1.13. The predicted octanol–water partition coefficient (Wildman–Crippen LogP) is 3.14. The van der Waals surface area contributed by atoms with Crippen LogP contribution in [0.1, 0.15) is 45.0 Å². The number of aromatic nitrogens is 2. The van der Waals surface area contributed by atoms with Crippen molar-refractivity contribution in [3.8, 4) is 0 Å². The van der Waals surface area contributed by atoms with Gasteiger partial charge < -0.3 is 24.8 Å². The van der Waals surface area contributed by atoms with Crippen LogP contribution >= 0.6 is 0 Å². The molecule has 3 amide bonds. The third-order valence-electron chi connectivity index (χ3n) is 6.30. The first-order valence-corrected chi connectivity index (χ1v) is 11.5. The van der Waals surface area contributed by atoms with Crippen LogP contribution in [0.15, 0.2) is 36.7 Å². The highest BCUT2D eigenvalue weighted by Crippen LogP contribution is 2.40. The van der Waals surface area contributed by atoms with E-state index in [0.717, 1.165) is 17.9 Å². The maximum absolute atomic E-state index is 12.8. The van der Waals surface area contributed by atoms with Gasteiger partial charge in [-0.15, -0.1) is 0 Å². The van der Waals surface area contributed by atoms with Crippen molar-refractivity contribution in [2.45, 2.75) is 58.3 Å². The summed E-state index contributed by atoms with van der Waals surface area (Å²) in [5, 5.41) is 5.97. The van der Waals surface area contributed by atoms with Gasteiger partial charge in [-0.3, -0.25) is 4.79 Å². The molecule has 1 saturated heterocycles. The zero-order valence-corrected chi connectivity index (χ0v) is 19.1. The number of nitrogens with one attached hydrogen (secondary N) is 2. The SMILES string of the molecule is CCc1ccc(NC(=O)N2CCC3(CC2)OC(C(=O)NCC(C)C)Cn2ccnc23)cc1. The van der Waals surface area contributed by atoms with Gasteiger partial charge in [-0.2, -0.15) is 0 Å². The fourth-order valence-corrected chi connectivity index (χ4v) is 4.39. The Morgan fingerprint density at radius 2 is 1.94 bits per heavy atom. The number of likely N-dealkylation sites (tertiary alicyclic amines) is 1. The number of aryl methyl sites for hydroxylation is 1. The largest absolute Gasteiger partial charge is 0.354 e. The first-order chi connectivity index (χ1) is 15.4. The molecule has 8 nitrogen and oxygen atoms in total. The molecule has 8 heteroatoms. The lowest BCUT2D eigenvalue weighted by molar-refractivity contribution is -0.171. The van der Waals surface area contributed by atoms with Gasteiger partial charge in [0.05, 0.1) is 6.54 Å². The summed E-state index contributed by atoms with van der Waals surface area (Å²) in [7, 11) is 0. The molecule has 2 aliphatic rings. The number of piperidine rings is 1. The number of benzene rings is 1. The summed E-state index contributed by atoms with van der Waals surface area (Å²) in [6.45, 7) is 8.38. The lowest BCUT2D eigenvalue weighted by Crippen LogP contribution is -2.55. The van der Waals surface area contributed by atoms with E-state index < -0.39 is 11.7 Å². The van der Waals surface area contributed by atoms with Crippen LogP contribution in [-0.2, 0) is 28.1 Å². The van der Waals surface area contributed by atoms with Gasteiger partial charge in [0, 0.05) is 50.6 Å². The van der Waals surface area contributed by atoms with E-state index >= 15 is 0 Å². The van der Waals surface area contributed by atoms with E-state index in [9.17, 15) is 9.59 Å². The van der Waals surface area contributed by atoms with Crippen LogP contribution in [0.4, 0.5) is 10.5 Å². The Morgan fingerprint density at radius 1 is 1.22 bits per heavy atom. The highest BCUT2D eigenvalue weighted by Gasteiger charge is 2.47. The quantitative estimate of drug-likeness (QED) is 0.749. The Morgan fingerprint density at radius 3 is 2.59 bits per heavy atom. The van der Waals surface area contributed by atoms with Crippen LogP contribution in [0.5, 0.6) is 0 Å². The number of carbonyl (C=O) groups excluding carboxylic acids is 2. The van der Waals surface area contributed by atoms with E-state index in [0.29, 0.717) is 44.9 Å². The maximum Gasteiger partial charge on any atom is 0.321 e. The summed E-state index contributed by atoms with van der Waals surface area (Å²) in [6.07, 6.45) is 5.26. The van der Waals surface area contributed by atoms with E-state index in [1.165, 1.54) is 5.56 Å². The Labute approximate surface area is 189 Å². The molecule has 1 aromatic carbocycles. The molecule has 1 spiro atoms. The number of anilines is 1. The van der Waals surface area contributed by atoms with Crippen molar-refractivity contribution in [1.82, 2.24) is 19.8 Å². The van der Waals surface area contributed by atoms with Crippen LogP contribution in [0.3, 0.4) is 0 Å². The summed E-state index contributed by atoms with van der Waals surface area (Å²) in [6, 6.07) is 7.81. The van der Waals surface area contributed by atoms with Crippen LogP contribution in [0, 0.1) is 5.92 Å². The standard InChI is InChI=1S/C24H33N5O3/c1-4-18-5-7-19(8-6-18)27-23(31)28-12-9-24(10-13-28)22-25-11-14-29(22)16-20(32-24)21(30)26-15-17(2)3/h5-8,11,14,17,20H,4,9-10,12-13,15-16H2,1-3H3,(H,26,30)(H,27,31). The van der Waals surface area contributed by atoms with Gasteiger partial charge in [0.15, 0.2) is 6.10 Å². The number of hydrogen-bond donors (Lipinski definition) is 2. The zero-order valence-electron chi connectivity index (χ0n) is 19.1. The molecule has 2 aliphatic heterocycles. The molecule has 4 rings (SSSR count). The molecule has 172 valence electrons. The van der Waals surface area contributed by atoms with Crippen molar-refractivity contribution in [2.75, 3.05) is 25.0 Å². The van der Waals surface area contributed by atoms with Gasteiger partial charge in [0.25, 0.3) is 5.91 Å². The van der Waals surface area contributed by atoms with Crippen molar-refractivity contribution in [3.63, 3.8) is 0 Å². The first-order valence-electron chi connectivity index (χ1n) is 11.5. The second-order valence-electron chi connectivity index (χ2n) is 9.11. The molecule has 0 aliphatic carbocycles. The minimum atomic E-state index is -0.652. The Hall–Kier alpha value is -2.87. The minimum Gasteiger partial charge on any atom is -0.354 e. The maximum atomic E-state index is 12.8. The average Bonchev–Trinajstić information content (AvgIpc) is 3.28. The number of fused-ring (bicyclic) bond motifs is 2. The zero-order chi connectivity index (χ0) is 22.7. The highest BCUT2D eigenvalue weighted by atomic mass is 16.5. The summed E-state index contributed by atoms with van der Waals surface area (Å²) < 4.78 is 8.43. The Balaban J connectivity index is 1.41. The molecule has 1 aromatic heterocycles. The fourth-order valence-electron chi connectivity index (χ4n) is 4.39. The van der Waals surface area contributed by atoms with Gasteiger partial charge in [-0.05, 0) is 30.0 Å². The molecule has 0 saturated carbocycles. The first kappa shape index (κ1) is 22.3. The normalized spacial score (nSPS) is 19.6. The van der Waals surface area contributed by atoms with E-state index in [1.54, 1.807) is 11.1 Å². The number of hydrogen-bond acceptors (Lipinski definition) is 4. The number of imidazole rings is 1. The second-order valence-corrected chi connectivity index (χ2v) is 9.11. The molecule has 32 heavy (non-hydrogen) atoms. The third-order valence-corrected chi connectivity index (χ3v) is 6.30. The van der Waals surface area contributed by atoms with Gasteiger partial charge >= 0.3 is 6.03 Å². The van der Waals surface area contributed by atoms with Crippen LogP contribution in [0.2, 0.25) is 0 Å². The number of nitrogens with zero attached hydrogens (tertiary/aromatic N) is 3. The van der Waals surface area contributed by atoms with Crippen molar-refractivity contribution in [2.24, 2.45) is 5.92 Å². The molecule has 1 unspecified atom stereocenters. The van der Waals surface area contributed by atoms with Crippen LogP contribution in [0.25, 0.3) is 0 Å². The molecular formula is C24H33N5O3. The summed E-state index contributed by atoms with van der Waals surface area (Å²) in [4.78, 5) is 31.9. The van der Waals surface area contributed by atoms with Gasteiger partial charge in [-0.25, -0.2) is 9.78 Å². The van der Waals surface area contributed by atoms with Crippen molar-refractivity contribution in [3.05, 3.63) is 48.0 Å². The molecule has 2 aromatic rings. The number of carbonyl (C=O) groups is 2. The van der Waals surface area contributed by atoms with Crippen LogP contribution < -0.4 is 10.6 Å². The smallest absolute Gasteiger partial charge is 0.321 e. The number of ether oxygens (including phenoxy) is 1. The minimum absolute atomic E-state index is 0.0897. The predicted molar refractivity (Wildman–Crippen MR) is 122 cm³/mol. The third kappa shape index (κ3) is 4.65. The van der Waals surface area contributed by atoms with E-state index in [-0.39, 0.29) is 11.9 Å². The number of rotatable bonds is 5. The lowest BCUT2D eigenvalue weighted by atomic mass is 9.88. The van der Waals surface area contributed by atoms with Crippen molar-refractivity contribution < 1.29 is 14.3 Å². The molecular weight excluding hydrogens is 406 g/mol. The highest BCUT2D eigenvalue weighted by molar-refractivity contribution is 5.89. The molecule has 2 N–H and O–H groups in total. The van der Waals surface area contributed by atoms with Crippen molar-refractivity contribution in [1.29, 1.82) is 0 Å². The molecule has 0 radical (unpaired) electrons. The number of amides is 3. The topological polar surface area (TPSA) is 88.5 Å². The Bertz CT molecular complexity index is 945. The van der Waals surface area contributed by atoms with E-state index in [4.69, 9.17) is 4.74 Å². The molecule has 3 heterocycles. The van der Waals surface area contributed by atoms with Crippen molar-refractivity contribution >= 4 is 17.6 Å². The monoisotopic (exact) mass is 439 g/mol.